The summed E-state index contributed by atoms with van der Waals surface area (Å²) in [5.41, 5.74) is 1.32. The summed E-state index contributed by atoms with van der Waals surface area (Å²) in [7, 11) is -3.91. The maximum Gasteiger partial charge on any atom is 0.340 e. The number of anilines is 1. The summed E-state index contributed by atoms with van der Waals surface area (Å²) in [5, 5.41) is 9.95. The lowest BCUT2D eigenvalue weighted by Crippen LogP contribution is -2.43. The molecule has 0 unspecified atom stereocenters. The molecule has 1 fully saturated rings. The van der Waals surface area contributed by atoms with Gasteiger partial charge in [0, 0.05) is 24.0 Å². The number of aromatic nitrogens is 1. The van der Waals surface area contributed by atoms with E-state index in [-0.39, 0.29) is 17.2 Å². The fraction of sp³-hybridized carbons (Fsp3) is 0.417. The van der Waals surface area contributed by atoms with Crippen molar-refractivity contribution in [2.24, 2.45) is 5.92 Å². The third-order valence-corrected chi connectivity index (χ3v) is 7.17. The quantitative estimate of drug-likeness (QED) is 0.552. The molecule has 1 amide bonds. The Morgan fingerprint density at radius 3 is 2.54 bits per heavy atom. The Balaban J connectivity index is 1.65. The van der Waals surface area contributed by atoms with Crippen LogP contribution in [0, 0.1) is 24.2 Å². The molecule has 186 valence electrons. The van der Waals surface area contributed by atoms with Gasteiger partial charge in [0.05, 0.1) is 28.7 Å². The Labute approximate surface area is 210 Å². The number of esters is 1. The van der Waals surface area contributed by atoms with Gasteiger partial charge >= 0.3 is 5.97 Å². The summed E-state index contributed by atoms with van der Waals surface area (Å²) >= 11 is 6.04. The lowest BCUT2D eigenvalue weighted by Gasteiger charge is -2.32. The highest BCUT2D eigenvalue weighted by atomic mass is 35.5. The molecule has 0 spiro atoms. The minimum absolute atomic E-state index is 0.233. The fourth-order valence-corrected chi connectivity index (χ4v) is 5.33. The Kier molecular flexibility index (Phi) is 8.35. The highest BCUT2D eigenvalue weighted by Gasteiger charge is 2.30. The molecule has 3 rings (SSSR count). The van der Waals surface area contributed by atoms with Gasteiger partial charge in [-0.05, 0) is 51.3 Å². The number of carbonyl (C=O) groups is 2. The van der Waals surface area contributed by atoms with Gasteiger partial charge in [-0.2, -0.15) is 5.26 Å². The Morgan fingerprint density at radius 1 is 1.29 bits per heavy atom. The topological polar surface area (TPSA) is 129 Å². The van der Waals surface area contributed by atoms with Crippen molar-refractivity contribution in [3.8, 4) is 6.07 Å². The highest BCUT2D eigenvalue weighted by molar-refractivity contribution is 7.89. The molecule has 0 bridgehead atoms. The SMILES string of the molecule is Cc1nc(N2CCC(C(=O)NS(=O)(=O)Cc3ccccc3Cl)CC2)c(C#N)cc1C(=O)OC(C)C. The first kappa shape index (κ1) is 26.4. The van der Waals surface area contributed by atoms with Crippen LogP contribution in [0.15, 0.2) is 30.3 Å². The van der Waals surface area contributed by atoms with E-state index in [1.54, 1.807) is 45.0 Å². The maximum atomic E-state index is 12.7. The molecular formula is C24H27ClN4O5S. The van der Waals surface area contributed by atoms with Gasteiger partial charge in [-0.15, -0.1) is 0 Å². The van der Waals surface area contributed by atoms with Crippen molar-refractivity contribution in [3.05, 3.63) is 57.7 Å². The number of hydrogen-bond donors (Lipinski definition) is 1. The Morgan fingerprint density at radius 2 is 1.94 bits per heavy atom. The number of nitriles is 1. The summed E-state index contributed by atoms with van der Waals surface area (Å²) in [6, 6.07) is 10.1. The van der Waals surface area contributed by atoms with Crippen LogP contribution < -0.4 is 9.62 Å². The number of rotatable bonds is 7. The number of benzene rings is 1. The zero-order valence-corrected chi connectivity index (χ0v) is 21.3. The van der Waals surface area contributed by atoms with Crippen LogP contribution in [0.4, 0.5) is 5.82 Å². The number of pyridine rings is 1. The van der Waals surface area contributed by atoms with E-state index in [1.165, 1.54) is 6.07 Å². The number of hydrogen-bond acceptors (Lipinski definition) is 8. The van der Waals surface area contributed by atoms with Crippen molar-refractivity contribution in [1.29, 1.82) is 5.26 Å². The van der Waals surface area contributed by atoms with E-state index in [2.05, 4.69) is 15.8 Å². The number of carbonyl (C=O) groups excluding carboxylic acids is 2. The van der Waals surface area contributed by atoms with Crippen molar-refractivity contribution >= 4 is 39.3 Å². The number of piperidine rings is 1. The molecule has 1 aromatic heterocycles. The van der Waals surface area contributed by atoms with Crippen LogP contribution in [0.1, 0.15) is 53.9 Å². The van der Waals surface area contributed by atoms with Crippen LogP contribution in [-0.4, -0.2) is 44.5 Å². The first-order chi connectivity index (χ1) is 16.5. The minimum atomic E-state index is -3.91. The van der Waals surface area contributed by atoms with Gasteiger partial charge in [0.1, 0.15) is 11.9 Å². The van der Waals surface area contributed by atoms with Gasteiger partial charge in [0.25, 0.3) is 0 Å². The molecule has 11 heteroatoms. The normalized spacial score (nSPS) is 14.5. The molecule has 0 saturated carbocycles. The predicted molar refractivity (Wildman–Crippen MR) is 131 cm³/mol. The lowest BCUT2D eigenvalue weighted by molar-refractivity contribution is -0.123. The van der Waals surface area contributed by atoms with Crippen LogP contribution in [-0.2, 0) is 25.3 Å². The second kappa shape index (κ2) is 11.1. The lowest BCUT2D eigenvalue weighted by atomic mass is 9.96. The standard InChI is InChI=1S/C24H27ClN4O5S/c1-15(2)34-24(31)20-12-19(13-26)22(27-16(20)3)29-10-8-17(9-11-29)23(30)28-35(32,33)14-18-6-4-5-7-21(18)25/h4-7,12,15,17H,8-11,14H2,1-3H3,(H,28,30). The fourth-order valence-electron chi connectivity index (χ4n) is 3.85. The molecule has 1 aliphatic rings. The van der Waals surface area contributed by atoms with Gasteiger partial charge in [0.2, 0.25) is 15.9 Å². The largest absolute Gasteiger partial charge is 0.459 e. The second-order valence-corrected chi connectivity index (χ2v) is 10.8. The number of amides is 1. The molecule has 2 heterocycles. The van der Waals surface area contributed by atoms with Crippen molar-refractivity contribution in [3.63, 3.8) is 0 Å². The van der Waals surface area contributed by atoms with E-state index in [0.717, 1.165) is 0 Å². The molecular weight excluding hydrogens is 492 g/mol. The van der Waals surface area contributed by atoms with Crippen LogP contribution in [0.2, 0.25) is 5.02 Å². The van der Waals surface area contributed by atoms with Gasteiger partial charge in [0.15, 0.2) is 0 Å². The molecule has 9 nitrogen and oxygen atoms in total. The van der Waals surface area contributed by atoms with E-state index in [9.17, 15) is 23.3 Å². The summed E-state index contributed by atoms with van der Waals surface area (Å²) in [4.78, 5) is 31.3. The zero-order valence-electron chi connectivity index (χ0n) is 19.7. The third-order valence-electron chi connectivity index (χ3n) is 5.60. The van der Waals surface area contributed by atoms with E-state index < -0.39 is 33.6 Å². The van der Waals surface area contributed by atoms with Crippen LogP contribution in [0.3, 0.4) is 0 Å². The van der Waals surface area contributed by atoms with E-state index in [0.29, 0.717) is 48.0 Å². The number of aryl methyl sites for hydroxylation is 1. The van der Waals surface area contributed by atoms with E-state index in [1.807, 2.05) is 4.90 Å². The highest BCUT2D eigenvalue weighted by Crippen LogP contribution is 2.27. The minimum Gasteiger partial charge on any atom is -0.459 e. The molecule has 0 radical (unpaired) electrons. The monoisotopic (exact) mass is 518 g/mol. The number of sulfonamides is 1. The Bertz CT molecular complexity index is 1270. The van der Waals surface area contributed by atoms with Gasteiger partial charge < -0.3 is 9.64 Å². The third kappa shape index (κ3) is 6.71. The molecule has 1 saturated heterocycles. The Hall–Kier alpha value is -3.16. The number of nitrogens with zero attached hydrogens (tertiary/aromatic N) is 3. The zero-order chi connectivity index (χ0) is 25.8. The molecule has 1 aromatic carbocycles. The van der Waals surface area contributed by atoms with E-state index in [4.69, 9.17) is 16.3 Å². The van der Waals surface area contributed by atoms with Crippen molar-refractivity contribution in [1.82, 2.24) is 9.71 Å². The summed E-state index contributed by atoms with van der Waals surface area (Å²) < 4.78 is 32.3. The van der Waals surface area contributed by atoms with Gasteiger partial charge in [-0.3, -0.25) is 9.52 Å². The maximum absolute atomic E-state index is 12.7. The average molecular weight is 519 g/mol. The molecule has 1 aliphatic heterocycles. The number of halogens is 1. The molecule has 2 aromatic rings. The number of nitrogens with one attached hydrogen (secondary N) is 1. The summed E-state index contributed by atoms with van der Waals surface area (Å²) in [6.07, 6.45) is 0.470. The smallest absolute Gasteiger partial charge is 0.340 e. The molecule has 1 N–H and O–H groups in total. The predicted octanol–water partition coefficient (Wildman–Crippen LogP) is 3.34. The summed E-state index contributed by atoms with van der Waals surface area (Å²) in [5.74, 6) is -1.57. The number of ether oxygens (including phenoxy) is 1. The van der Waals surface area contributed by atoms with Crippen molar-refractivity contribution in [2.45, 2.75) is 45.5 Å². The van der Waals surface area contributed by atoms with Crippen LogP contribution in [0.5, 0.6) is 0 Å². The van der Waals surface area contributed by atoms with Gasteiger partial charge in [-0.1, -0.05) is 29.8 Å². The first-order valence-electron chi connectivity index (χ1n) is 11.2. The first-order valence-corrected chi connectivity index (χ1v) is 13.2. The van der Waals surface area contributed by atoms with Crippen LogP contribution >= 0.6 is 11.6 Å². The second-order valence-electron chi connectivity index (χ2n) is 8.64. The van der Waals surface area contributed by atoms with Crippen LogP contribution in [0.25, 0.3) is 0 Å². The molecule has 35 heavy (non-hydrogen) atoms. The van der Waals surface area contributed by atoms with Crippen molar-refractivity contribution in [2.75, 3.05) is 18.0 Å². The van der Waals surface area contributed by atoms with Gasteiger partial charge in [-0.25, -0.2) is 18.2 Å². The average Bonchev–Trinajstić information content (AvgIpc) is 2.79. The van der Waals surface area contributed by atoms with E-state index >= 15 is 0 Å². The molecule has 0 atom stereocenters. The summed E-state index contributed by atoms with van der Waals surface area (Å²) in [6.45, 7) is 5.95. The molecule has 0 aliphatic carbocycles. The van der Waals surface area contributed by atoms with Crippen molar-refractivity contribution < 1.29 is 22.7 Å².